The van der Waals surface area contributed by atoms with Crippen LogP contribution in [-0.2, 0) is 16.1 Å². The summed E-state index contributed by atoms with van der Waals surface area (Å²) < 4.78 is 11.9. The van der Waals surface area contributed by atoms with Crippen molar-refractivity contribution in [3.05, 3.63) is 54.2 Å². The molecule has 7 rings (SSSR count). The first kappa shape index (κ1) is 23.0. The minimum Gasteiger partial charge on any atom is -0.487 e. The van der Waals surface area contributed by atoms with Crippen molar-refractivity contribution in [3.63, 3.8) is 0 Å². The van der Waals surface area contributed by atoms with Gasteiger partial charge in [0.2, 0.25) is 5.91 Å². The molecule has 1 amide bonds. The van der Waals surface area contributed by atoms with Gasteiger partial charge in [-0.25, -0.2) is 4.98 Å². The summed E-state index contributed by atoms with van der Waals surface area (Å²) in [7, 11) is 0. The Labute approximate surface area is 218 Å². The Bertz CT molecular complexity index is 1190. The molecule has 1 N–H and O–H groups in total. The number of carbonyl (C=O) groups excluding carboxylic acids is 1. The number of pyridine rings is 1. The van der Waals surface area contributed by atoms with Gasteiger partial charge in [0.15, 0.2) is 0 Å². The Morgan fingerprint density at radius 3 is 2.62 bits per heavy atom. The van der Waals surface area contributed by atoms with Gasteiger partial charge in [-0.15, -0.1) is 0 Å². The van der Waals surface area contributed by atoms with Gasteiger partial charge in [0.05, 0.1) is 24.5 Å². The number of amides is 1. The zero-order valence-corrected chi connectivity index (χ0v) is 21.3. The molecule has 0 spiro atoms. The third-order valence-corrected chi connectivity index (χ3v) is 9.04. The van der Waals surface area contributed by atoms with Crippen LogP contribution in [0, 0.1) is 0 Å². The van der Waals surface area contributed by atoms with Crippen LogP contribution in [0.4, 0.5) is 17.2 Å². The summed E-state index contributed by atoms with van der Waals surface area (Å²) in [5, 5.41) is 3.62. The second kappa shape index (κ2) is 9.33. The first-order chi connectivity index (χ1) is 18.2. The second-order valence-electron chi connectivity index (χ2n) is 11.0. The van der Waals surface area contributed by atoms with Crippen molar-refractivity contribution in [3.8, 4) is 5.75 Å². The van der Waals surface area contributed by atoms with Crippen LogP contribution < -0.4 is 15.0 Å². The average Bonchev–Trinajstić information content (AvgIpc) is 3.07. The molecule has 4 fully saturated rings. The molecule has 0 saturated carbocycles. The molecule has 8 heteroatoms. The molecule has 6 heterocycles. The highest BCUT2D eigenvalue weighted by Crippen LogP contribution is 2.47. The van der Waals surface area contributed by atoms with Crippen molar-refractivity contribution < 1.29 is 14.3 Å². The minimum absolute atomic E-state index is 0.0614. The maximum atomic E-state index is 11.9. The van der Waals surface area contributed by atoms with E-state index in [2.05, 4.69) is 50.9 Å². The number of rotatable bonds is 4. The molecular formula is C29H35N5O3. The number of nitrogens with zero attached hydrogens (tertiary/aromatic N) is 4. The van der Waals surface area contributed by atoms with E-state index in [1.807, 2.05) is 11.1 Å². The van der Waals surface area contributed by atoms with Crippen molar-refractivity contribution in [2.24, 2.45) is 0 Å². The van der Waals surface area contributed by atoms with E-state index in [0.29, 0.717) is 30.7 Å². The number of fused-ring (bicyclic) bond motifs is 4. The summed E-state index contributed by atoms with van der Waals surface area (Å²) in [6, 6.07) is 10.5. The lowest BCUT2D eigenvalue weighted by atomic mass is 9.83. The molecule has 1 aromatic carbocycles. The number of piperidine rings is 1. The zero-order chi connectivity index (χ0) is 24.9. The zero-order valence-electron chi connectivity index (χ0n) is 21.3. The average molecular weight is 502 g/mol. The Kier molecular flexibility index (Phi) is 5.81. The van der Waals surface area contributed by atoms with E-state index in [4.69, 9.17) is 9.47 Å². The van der Waals surface area contributed by atoms with Gasteiger partial charge in [-0.2, -0.15) is 0 Å². The van der Waals surface area contributed by atoms with Crippen molar-refractivity contribution in [2.75, 3.05) is 49.6 Å². The first-order valence-corrected chi connectivity index (χ1v) is 13.7. The number of ether oxygens (including phenoxy) is 2. The topological polar surface area (TPSA) is 70.2 Å². The van der Waals surface area contributed by atoms with E-state index >= 15 is 0 Å². The third kappa shape index (κ3) is 4.07. The summed E-state index contributed by atoms with van der Waals surface area (Å²) in [6.45, 7) is 9.11. The minimum atomic E-state index is 0.0614. The molecule has 0 radical (unpaired) electrons. The molecule has 0 aliphatic carbocycles. The van der Waals surface area contributed by atoms with Crippen LogP contribution in [0.15, 0.2) is 43.1 Å². The number of morpholine rings is 1. The lowest BCUT2D eigenvalue weighted by Gasteiger charge is -2.51. The molecular weight excluding hydrogens is 466 g/mol. The maximum absolute atomic E-state index is 11.9. The number of likely N-dealkylation sites (tertiary alicyclic amines) is 1. The highest BCUT2D eigenvalue weighted by molar-refractivity contribution is 5.87. The molecule has 37 heavy (non-hydrogen) atoms. The molecule has 1 unspecified atom stereocenters. The number of aromatic nitrogens is 1. The fourth-order valence-corrected chi connectivity index (χ4v) is 7.17. The fourth-order valence-electron chi connectivity index (χ4n) is 7.17. The monoisotopic (exact) mass is 501 g/mol. The van der Waals surface area contributed by atoms with E-state index in [1.165, 1.54) is 43.0 Å². The van der Waals surface area contributed by atoms with Gasteiger partial charge in [-0.3, -0.25) is 9.69 Å². The largest absolute Gasteiger partial charge is 0.487 e. The SMILES string of the molecule is C=CC(=O)N1CC(N2[C@@H]3CC[C@H]2CC(c2ccc4c(c2)Nc2nccc(N5CCOCC5)c2CO4)C3)C1. The van der Waals surface area contributed by atoms with Crippen LogP contribution >= 0.6 is 0 Å². The van der Waals surface area contributed by atoms with Gasteiger partial charge in [-0.1, -0.05) is 12.6 Å². The standard InChI is InChI=1S/C29H35N5O3/c1-2-28(35)33-16-23(17-33)34-21-4-5-22(34)14-20(13-21)19-3-6-27-25(15-19)31-29-24(18-37-27)26(7-8-30-29)32-9-11-36-12-10-32/h2-3,6-8,15,20-23H,1,4-5,9-14,16-18H2,(H,30,31)/t20?,21-,22+. The van der Waals surface area contributed by atoms with Gasteiger partial charge in [0.1, 0.15) is 18.2 Å². The van der Waals surface area contributed by atoms with Gasteiger partial charge in [-0.05, 0) is 61.4 Å². The highest BCUT2D eigenvalue weighted by atomic mass is 16.5. The van der Waals surface area contributed by atoms with Crippen molar-refractivity contribution in [1.82, 2.24) is 14.8 Å². The molecule has 2 bridgehead atoms. The molecule has 2 aromatic rings. The molecule has 1 aromatic heterocycles. The van der Waals surface area contributed by atoms with Crippen molar-refractivity contribution in [1.29, 1.82) is 0 Å². The summed E-state index contributed by atoms with van der Waals surface area (Å²) in [4.78, 5) is 23.6. The fraction of sp³-hybridized carbons (Fsp3) is 0.517. The van der Waals surface area contributed by atoms with E-state index in [9.17, 15) is 4.79 Å². The Balaban J connectivity index is 1.08. The van der Waals surface area contributed by atoms with Gasteiger partial charge >= 0.3 is 0 Å². The second-order valence-corrected chi connectivity index (χ2v) is 11.0. The van der Waals surface area contributed by atoms with E-state index in [1.54, 1.807) is 0 Å². The van der Waals surface area contributed by atoms with Gasteiger partial charge in [0, 0.05) is 56.2 Å². The van der Waals surface area contributed by atoms with Crippen LogP contribution in [-0.4, -0.2) is 78.2 Å². The number of anilines is 3. The normalized spacial score (nSPS) is 27.3. The smallest absolute Gasteiger partial charge is 0.246 e. The number of hydrogen-bond donors (Lipinski definition) is 1. The molecule has 4 saturated heterocycles. The number of carbonyl (C=O) groups is 1. The summed E-state index contributed by atoms with van der Waals surface area (Å²) >= 11 is 0. The lowest BCUT2D eigenvalue weighted by molar-refractivity contribution is -0.135. The molecule has 194 valence electrons. The van der Waals surface area contributed by atoms with E-state index < -0.39 is 0 Å². The van der Waals surface area contributed by atoms with E-state index in [0.717, 1.165) is 62.2 Å². The van der Waals surface area contributed by atoms with Crippen LogP contribution in [0.1, 0.15) is 42.7 Å². The first-order valence-electron chi connectivity index (χ1n) is 13.7. The van der Waals surface area contributed by atoms with Crippen LogP contribution in [0.25, 0.3) is 0 Å². The lowest BCUT2D eigenvalue weighted by Crippen LogP contribution is -2.64. The van der Waals surface area contributed by atoms with Crippen LogP contribution in [0.2, 0.25) is 0 Å². The number of nitrogens with one attached hydrogen (secondary N) is 1. The summed E-state index contributed by atoms with van der Waals surface area (Å²) in [5.41, 5.74) is 4.69. The predicted molar refractivity (Wildman–Crippen MR) is 143 cm³/mol. The summed E-state index contributed by atoms with van der Waals surface area (Å²) in [5.74, 6) is 2.38. The third-order valence-electron chi connectivity index (χ3n) is 9.04. The van der Waals surface area contributed by atoms with Crippen LogP contribution in [0.3, 0.4) is 0 Å². The number of benzene rings is 1. The highest BCUT2D eigenvalue weighted by Gasteiger charge is 2.47. The van der Waals surface area contributed by atoms with Gasteiger partial charge < -0.3 is 24.6 Å². The predicted octanol–water partition coefficient (Wildman–Crippen LogP) is 3.66. The summed E-state index contributed by atoms with van der Waals surface area (Å²) in [6.07, 6.45) is 8.21. The quantitative estimate of drug-likeness (QED) is 0.641. The van der Waals surface area contributed by atoms with Crippen molar-refractivity contribution in [2.45, 2.75) is 56.3 Å². The Morgan fingerprint density at radius 1 is 1.08 bits per heavy atom. The molecule has 8 nitrogen and oxygen atoms in total. The Hall–Kier alpha value is -3.10. The molecule has 5 aliphatic rings. The Morgan fingerprint density at radius 2 is 1.86 bits per heavy atom. The number of hydrogen-bond acceptors (Lipinski definition) is 7. The maximum Gasteiger partial charge on any atom is 0.246 e. The van der Waals surface area contributed by atoms with Crippen LogP contribution in [0.5, 0.6) is 5.75 Å². The van der Waals surface area contributed by atoms with E-state index in [-0.39, 0.29) is 5.91 Å². The van der Waals surface area contributed by atoms with Crippen molar-refractivity contribution >= 4 is 23.1 Å². The molecule has 5 aliphatic heterocycles. The van der Waals surface area contributed by atoms with Gasteiger partial charge in [0.25, 0.3) is 0 Å². The molecule has 3 atom stereocenters.